The van der Waals surface area contributed by atoms with E-state index in [-0.39, 0.29) is 0 Å². The molecule has 2 aromatic rings. The van der Waals surface area contributed by atoms with E-state index in [0.29, 0.717) is 0 Å². The minimum Gasteiger partial charge on any atom is -0.494 e. The fraction of sp³-hybridized carbons (Fsp3) is 0.333. The van der Waals surface area contributed by atoms with Crippen molar-refractivity contribution in [2.75, 3.05) is 37.0 Å². The second-order valence-electron chi connectivity index (χ2n) is 5.06. The molecule has 0 bridgehead atoms. The van der Waals surface area contributed by atoms with Crippen LogP contribution in [0.5, 0.6) is 5.75 Å². The predicted molar refractivity (Wildman–Crippen MR) is 90.4 cm³/mol. The van der Waals surface area contributed by atoms with E-state index in [2.05, 4.69) is 60.6 Å². The number of rotatable bonds is 8. The first-order valence-corrected chi connectivity index (χ1v) is 7.52. The molecular formula is C18H24N2O. The van der Waals surface area contributed by atoms with Crippen LogP contribution in [0.4, 0.5) is 11.4 Å². The van der Waals surface area contributed by atoms with Crippen LogP contribution in [0.25, 0.3) is 0 Å². The number of benzene rings is 2. The first-order chi connectivity index (χ1) is 10.3. The van der Waals surface area contributed by atoms with Crippen LogP contribution in [0.2, 0.25) is 0 Å². The van der Waals surface area contributed by atoms with Gasteiger partial charge in [0, 0.05) is 37.6 Å². The maximum atomic E-state index is 5.64. The number of ether oxygens (including phenoxy) is 1. The molecule has 0 radical (unpaired) electrons. The van der Waals surface area contributed by atoms with Gasteiger partial charge in [-0.15, -0.1) is 0 Å². The van der Waals surface area contributed by atoms with Gasteiger partial charge in [-0.3, -0.25) is 0 Å². The molecule has 0 aromatic heterocycles. The lowest BCUT2D eigenvalue weighted by molar-refractivity contribution is 0.317. The SMILES string of the molecule is CCCOc1cccc(NCCN(C)c2ccccc2)c1. The van der Waals surface area contributed by atoms with E-state index in [0.717, 1.165) is 37.6 Å². The Morgan fingerprint density at radius 3 is 2.62 bits per heavy atom. The van der Waals surface area contributed by atoms with Gasteiger partial charge in [0.25, 0.3) is 0 Å². The first kappa shape index (κ1) is 15.2. The van der Waals surface area contributed by atoms with Crippen LogP contribution in [0, 0.1) is 0 Å². The lowest BCUT2D eigenvalue weighted by atomic mass is 10.3. The molecule has 21 heavy (non-hydrogen) atoms. The monoisotopic (exact) mass is 284 g/mol. The zero-order valence-corrected chi connectivity index (χ0v) is 12.9. The zero-order chi connectivity index (χ0) is 14.9. The standard InChI is InChI=1S/C18H24N2O/c1-3-14-21-18-11-7-8-16(15-18)19-12-13-20(2)17-9-5-4-6-10-17/h4-11,15,19H,3,12-14H2,1-2H3. The Labute approximate surface area is 127 Å². The van der Waals surface area contributed by atoms with Crippen LogP contribution >= 0.6 is 0 Å². The molecule has 3 heteroatoms. The Morgan fingerprint density at radius 2 is 1.86 bits per heavy atom. The quantitative estimate of drug-likeness (QED) is 0.792. The largest absolute Gasteiger partial charge is 0.494 e. The van der Waals surface area contributed by atoms with Gasteiger partial charge in [0.05, 0.1) is 6.61 Å². The zero-order valence-electron chi connectivity index (χ0n) is 12.9. The molecule has 0 atom stereocenters. The van der Waals surface area contributed by atoms with E-state index in [1.165, 1.54) is 5.69 Å². The molecule has 0 fully saturated rings. The Morgan fingerprint density at radius 1 is 1.05 bits per heavy atom. The summed E-state index contributed by atoms with van der Waals surface area (Å²) < 4.78 is 5.64. The minimum atomic E-state index is 0.764. The fourth-order valence-electron chi connectivity index (χ4n) is 2.10. The molecule has 0 unspecified atom stereocenters. The van der Waals surface area contributed by atoms with Gasteiger partial charge >= 0.3 is 0 Å². The van der Waals surface area contributed by atoms with Crippen LogP contribution in [-0.2, 0) is 0 Å². The number of hydrogen-bond donors (Lipinski definition) is 1. The van der Waals surface area contributed by atoms with Crippen LogP contribution in [0.15, 0.2) is 54.6 Å². The van der Waals surface area contributed by atoms with E-state index in [1.807, 2.05) is 18.2 Å². The average Bonchev–Trinajstić information content (AvgIpc) is 2.54. The van der Waals surface area contributed by atoms with Gasteiger partial charge < -0.3 is 15.0 Å². The highest BCUT2D eigenvalue weighted by molar-refractivity contribution is 5.49. The molecule has 0 heterocycles. The number of likely N-dealkylation sites (N-methyl/N-ethyl adjacent to an activating group) is 1. The Bertz CT molecular complexity index is 528. The van der Waals surface area contributed by atoms with Crippen LogP contribution in [0.3, 0.4) is 0 Å². The van der Waals surface area contributed by atoms with Crippen molar-refractivity contribution in [3.05, 3.63) is 54.6 Å². The summed E-state index contributed by atoms with van der Waals surface area (Å²) in [5.41, 5.74) is 2.34. The van der Waals surface area contributed by atoms with Crippen LogP contribution < -0.4 is 15.0 Å². The summed E-state index contributed by atoms with van der Waals surface area (Å²) in [5, 5.41) is 3.44. The summed E-state index contributed by atoms with van der Waals surface area (Å²) in [6.45, 7) is 4.72. The smallest absolute Gasteiger partial charge is 0.121 e. The van der Waals surface area contributed by atoms with Gasteiger partial charge in [0.1, 0.15) is 5.75 Å². The highest BCUT2D eigenvalue weighted by Gasteiger charge is 2.00. The topological polar surface area (TPSA) is 24.5 Å². The van der Waals surface area contributed by atoms with Crippen molar-refractivity contribution in [2.24, 2.45) is 0 Å². The molecule has 0 saturated heterocycles. The van der Waals surface area contributed by atoms with Crippen molar-refractivity contribution in [1.82, 2.24) is 0 Å². The predicted octanol–water partition coefficient (Wildman–Crippen LogP) is 4.02. The van der Waals surface area contributed by atoms with Crippen LogP contribution in [-0.4, -0.2) is 26.7 Å². The normalized spacial score (nSPS) is 10.2. The van der Waals surface area contributed by atoms with E-state index in [4.69, 9.17) is 4.74 Å². The summed E-state index contributed by atoms with van der Waals surface area (Å²) in [6, 6.07) is 18.6. The lowest BCUT2D eigenvalue weighted by Gasteiger charge is -2.19. The van der Waals surface area contributed by atoms with Crippen molar-refractivity contribution in [1.29, 1.82) is 0 Å². The Balaban J connectivity index is 1.80. The lowest BCUT2D eigenvalue weighted by Crippen LogP contribution is -2.24. The number of para-hydroxylation sites is 1. The van der Waals surface area contributed by atoms with E-state index >= 15 is 0 Å². The van der Waals surface area contributed by atoms with Crippen molar-refractivity contribution in [2.45, 2.75) is 13.3 Å². The molecule has 2 aromatic carbocycles. The second kappa shape index (κ2) is 8.20. The van der Waals surface area contributed by atoms with Crippen molar-refractivity contribution in [3.8, 4) is 5.75 Å². The molecule has 1 N–H and O–H groups in total. The summed E-state index contributed by atoms with van der Waals surface area (Å²) in [4.78, 5) is 2.24. The summed E-state index contributed by atoms with van der Waals surface area (Å²) in [6.07, 6.45) is 1.03. The maximum Gasteiger partial charge on any atom is 0.121 e. The molecule has 0 spiro atoms. The van der Waals surface area contributed by atoms with Gasteiger partial charge in [-0.05, 0) is 30.7 Å². The van der Waals surface area contributed by atoms with E-state index in [9.17, 15) is 0 Å². The summed E-state index contributed by atoms with van der Waals surface area (Å²) in [7, 11) is 2.11. The number of nitrogens with one attached hydrogen (secondary N) is 1. The van der Waals surface area contributed by atoms with Gasteiger partial charge in [0.15, 0.2) is 0 Å². The van der Waals surface area contributed by atoms with Crippen molar-refractivity contribution in [3.63, 3.8) is 0 Å². The number of anilines is 2. The van der Waals surface area contributed by atoms with Crippen molar-refractivity contribution < 1.29 is 4.74 Å². The maximum absolute atomic E-state index is 5.64. The molecule has 112 valence electrons. The van der Waals surface area contributed by atoms with Gasteiger partial charge in [-0.2, -0.15) is 0 Å². The van der Waals surface area contributed by atoms with Gasteiger partial charge in [0.2, 0.25) is 0 Å². The van der Waals surface area contributed by atoms with Gasteiger partial charge in [-0.1, -0.05) is 31.2 Å². The van der Waals surface area contributed by atoms with Crippen molar-refractivity contribution >= 4 is 11.4 Å². The second-order valence-corrected chi connectivity index (χ2v) is 5.06. The molecule has 0 saturated carbocycles. The minimum absolute atomic E-state index is 0.764. The summed E-state index contributed by atoms with van der Waals surface area (Å²) >= 11 is 0. The highest BCUT2D eigenvalue weighted by Crippen LogP contribution is 2.17. The highest BCUT2D eigenvalue weighted by atomic mass is 16.5. The third-order valence-corrected chi connectivity index (χ3v) is 3.28. The van der Waals surface area contributed by atoms with E-state index < -0.39 is 0 Å². The number of nitrogens with zero attached hydrogens (tertiary/aromatic N) is 1. The fourth-order valence-corrected chi connectivity index (χ4v) is 2.10. The number of hydrogen-bond acceptors (Lipinski definition) is 3. The molecule has 0 aliphatic rings. The van der Waals surface area contributed by atoms with Crippen LogP contribution in [0.1, 0.15) is 13.3 Å². The average molecular weight is 284 g/mol. The molecule has 0 aliphatic carbocycles. The Hall–Kier alpha value is -2.16. The Kier molecular flexibility index (Phi) is 5.95. The summed E-state index contributed by atoms with van der Waals surface area (Å²) in [5.74, 6) is 0.929. The first-order valence-electron chi connectivity index (χ1n) is 7.52. The molecule has 2 rings (SSSR count). The molecular weight excluding hydrogens is 260 g/mol. The van der Waals surface area contributed by atoms with Gasteiger partial charge in [-0.25, -0.2) is 0 Å². The molecule has 3 nitrogen and oxygen atoms in total. The molecule has 0 amide bonds. The molecule has 0 aliphatic heterocycles. The third-order valence-electron chi connectivity index (χ3n) is 3.28. The van der Waals surface area contributed by atoms with E-state index in [1.54, 1.807) is 0 Å². The third kappa shape index (κ3) is 5.03.